The third-order valence-corrected chi connectivity index (χ3v) is 20.0. The highest BCUT2D eigenvalue weighted by Crippen LogP contribution is 2.55. The van der Waals surface area contributed by atoms with Crippen LogP contribution in [0.4, 0.5) is 5.69 Å². The van der Waals surface area contributed by atoms with Crippen LogP contribution < -0.4 is 29.5 Å². The lowest BCUT2D eigenvalue weighted by molar-refractivity contribution is -0.187. The Kier molecular flexibility index (Phi) is 23.1. The first kappa shape index (κ1) is 67.6. The minimum atomic E-state index is -5.09. The fourth-order valence-corrected chi connectivity index (χ4v) is 15.4. The van der Waals surface area contributed by atoms with Crippen molar-refractivity contribution in [2.45, 2.75) is 132 Å². The molecule has 6 heterocycles. The molecule has 0 aliphatic carbocycles. The van der Waals surface area contributed by atoms with E-state index < -0.39 is 47.0 Å². The number of rotatable bonds is 35. The molecular weight excluding hydrogens is 1200 g/mol. The third kappa shape index (κ3) is 16.3. The molecule has 1 amide bonds. The number of nitrogens with zero attached hydrogens (tertiary/aromatic N) is 3. The van der Waals surface area contributed by atoms with E-state index in [0.29, 0.717) is 158 Å². The molecule has 0 aromatic heterocycles. The zero-order valence-electron chi connectivity index (χ0n) is 51.4. The fourth-order valence-electron chi connectivity index (χ4n) is 13.0. The molecule has 1 fully saturated rings. The van der Waals surface area contributed by atoms with Crippen molar-refractivity contribution < 1.29 is 87.2 Å². The fraction of sp³-hybridized carbons (Fsp3) is 0.629. The Hall–Kier alpha value is -4.78. The quantitative estimate of drug-likeness (QED) is 0.0309. The van der Waals surface area contributed by atoms with Crippen molar-refractivity contribution >= 4 is 54.4 Å². The van der Waals surface area contributed by atoms with Crippen molar-refractivity contribution in [3.05, 3.63) is 86.6 Å². The predicted octanol–water partition coefficient (Wildman–Crippen LogP) is 5.04. The van der Waals surface area contributed by atoms with E-state index in [1.54, 1.807) is 0 Å². The van der Waals surface area contributed by atoms with Gasteiger partial charge in [0.15, 0.2) is 5.54 Å². The van der Waals surface area contributed by atoms with E-state index in [4.69, 9.17) is 47.5 Å². The average molecular weight is 1290 g/mol. The summed E-state index contributed by atoms with van der Waals surface area (Å²) in [6.07, 6.45) is 6.33. The lowest BCUT2D eigenvalue weighted by atomic mass is 9.74. The lowest BCUT2D eigenvalue weighted by Crippen LogP contribution is -2.56. The van der Waals surface area contributed by atoms with Crippen LogP contribution in [0.2, 0.25) is 0 Å². The van der Waals surface area contributed by atoms with Crippen molar-refractivity contribution in [1.29, 1.82) is 0 Å². The second-order valence-electron chi connectivity index (χ2n) is 24.0. The number of amides is 1. The molecule has 9 rings (SSSR count). The zero-order valence-corrected chi connectivity index (χ0v) is 53.8. The van der Waals surface area contributed by atoms with Gasteiger partial charge in [-0.25, -0.2) is 18.3 Å². The monoisotopic (exact) mass is 1290 g/mol. The van der Waals surface area contributed by atoms with Gasteiger partial charge in [-0.05, 0) is 102 Å². The third-order valence-electron chi connectivity index (χ3n) is 17.0. The molecule has 0 saturated carbocycles. The van der Waals surface area contributed by atoms with Gasteiger partial charge in [0, 0.05) is 88.3 Å². The van der Waals surface area contributed by atoms with Crippen LogP contribution in [0.25, 0.3) is 5.57 Å². The second-order valence-corrected chi connectivity index (χ2v) is 28.2. The molecular formula is C62H87N4O19S3+. The summed E-state index contributed by atoms with van der Waals surface area (Å²) in [7, 11) is -11.4. The number of ether oxygens (including phenoxy) is 9. The molecule has 3 unspecified atom stereocenters. The minimum Gasteiger partial charge on any atom is -0.455 e. The minimum absolute atomic E-state index is 0.0119. The molecule has 1 saturated heterocycles. The molecule has 6 aliphatic heterocycles. The number of hydrogen-bond donors (Lipinski definition) is 3. The summed E-state index contributed by atoms with van der Waals surface area (Å²) in [4.78, 5) is 29.7. The highest BCUT2D eigenvalue weighted by molar-refractivity contribution is 7.86. The number of carbonyl (C=O) groups excluding carboxylic acids is 2. The van der Waals surface area contributed by atoms with Gasteiger partial charge in [0.1, 0.15) is 22.9 Å². The average Bonchev–Trinajstić information content (AvgIpc) is 0.804. The van der Waals surface area contributed by atoms with Crippen LogP contribution in [-0.4, -0.2) is 189 Å². The Bertz CT molecular complexity index is 3410. The summed E-state index contributed by atoms with van der Waals surface area (Å²) in [5.41, 5.74) is 6.28. The van der Waals surface area contributed by atoms with Crippen LogP contribution in [-0.2, 0) is 96.4 Å². The van der Waals surface area contributed by atoms with Gasteiger partial charge in [0.05, 0.1) is 139 Å². The molecule has 0 radical (unpaired) electrons. The summed E-state index contributed by atoms with van der Waals surface area (Å²) in [5, 5.41) is 2.75. The maximum Gasteiger partial charge on any atom is 0.335 e. The Morgan fingerprint density at radius 2 is 1.31 bits per heavy atom. The standard InChI is InChI=1S/C62H86N4O19S3/c1-7-43-39-61(3,4)64-18-8-10-47-57(64)49(43)37-51-56(46-14-13-45(87(70,71)72)36-53(46)88(73,74)75)52-38-50-44(40-62(5,6)65-19-9-11-48(58(50)65)60(52)84-59(47)51)41-86(69)63-17-21-77-23-25-79-27-29-81-31-33-83-35-34-82-32-30-80-28-26-78-24-22-76-20-16-55(68)85-66-42(2)12-15-54(66)67/h13-14,36-38,43-44,63H,2,7-12,15-35,39-41H2,1,3-6H3,(H-,70,71,72,73,74,75)/p+1. The summed E-state index contributed by atoms with van der Waals surface area (Å²) < 4.78 is 145. The highest BCUT2D eigenvalue weighted by Gasteiger charge is 2.47. The van der Waals surface area contributed by atoms with Gasteiger partial charge in [0.25, 0.3) is 26.1 Å². The highest BCUT2D eigenvalue weighted by atomic mass is 32.2. The van der Waals surface area contributed by atoms with Crippen LogP contribution in [0.3, 0.4) is 0 Å². The summed E-state index contributed by atoms with van der Waals surface area (Å²) in [6.45, 7) is 22.7. The van der Waals surface area contributed by atoms with Gasteiger partial charge >= 0.3 is 5.97 Å². The number of hydrogen-bond acceptors (Lipinski definition) is 18. The molecule has 0 bridgehead atoms. The molecule has 6 aliphatic rings. The molecule has 3 N–H and O–H groups in total. The Balaban J connectivity index is 0.715. The van der Waals surface area contributed by atoms with E-state index in [0.717, 1.165) is 95.7 Å². The van der Waals surface area contributed by atoms with Gasteiger partial charge in [0.2, 0.25) is 5.36 Å². The molecule has 486 valence electrons. The number of nitrogens with one attached hydrogen (secondary N) is 1. The lowest BCUT2D eigenvalue weighted by Gasteiger charge is -2.51. The van der Waals surface area contributed by atoms with Crippen molar-refractivity contribution in [3.63, 3.8) is 0 Å². The van der Waals surface area contributed by atoms with Crippen molar-refractivity contribution in [3.8, 4) is 11.5 Å². The van der Waals surface area contributed by atoms with Crippen molar-refractivity contribution in [1.82, 2.24) is 14.4 Å². The smallest absolute Gasteiger partial charge is 0.335 e. The number of fused-ring (bicyclic) bond motifs is 4. The zero-order chi connectivity index (χ0) is 62.8. The Morgan fingerprint density at radius 1 is 0.716 bits per heavy atom. The molecule has 3 aromatic carbocycles. The second kappa shape index (κ2) is 30.1. The number of anilines is 1. The molecule has 0 spiro atoms. The van der Waals surface area contributed by atoms with Gasteiger partial charge in [-0.3, -0.25) is 13.9 Å². The van der Waals surface area contributed by atoms with E-state index >= 15 is 0 Å². The normalized spacial score (nSPS) is 19.5. The van der Waals surface area contributed by atoms with Crippen LogP contribution in [0.1, 0.15) is 131 Å². The number of allylic oxidation sites excluding steroid dienone is 1. The van der Waals surface area contributed by atoms with Gasteiger partial charge in [-0.1, -0.05) is 19.6 Å². The Morgan fingerprint density at radius 3 is 1.88 bits per heavy atom. The SMILES string of the molecule is C=C1CCC(=O)N1OC(=O)CCOCCOCCOCCOCCOCCOCCOCCOCCNS(=O)CC1CC(C)(C)N2CCCc3c4c(cc1c32)C(c1ccc(S(=O)(=O)O)cc1S(=O)(=O)O)=c1cc2c3c(c1O4)CCC[N+]=3C(C)(C)CC2CC. The molecule has 26 heteroatoms. The maximum absolute atomic E-state index is 14.1. The Labute approximate surface area is 519 Å². The molecule has 88 heavy (non-hydrogen) atoms. The summed E-state index contributed by atoms with van der Waals surface area (Å²) >= 11 is 0. The maximum atomic E-state index is 14.1. The first-order chi connectivity index (χ1) is 42.1. The van der Waals surface area contributed by atoms with E-state index in [1.165, 1.54) is 6.07 Å². The van der Waals surface area contributed by atoms with E-state index in [2.05, 4.69) is 61.5 Å². The van der Waals surface area contributed by atoms with E-state index in [9.17, 15) is 39.7 Å². The van der Waals surface area contributed by atoms with Gasteiger partial charge in [-0.15, -0.1) is 5.06 Å². The van der Waals surface area contributed by atoms with Gasteiger partial charge < -0.3 is 52.4 Å². The van der Waals surface area contributed by atoms with Crippen LogP contribution in [0.5, 0.6) is 11.5 Å². The molecule has 3 aromatic rings. The topological polar surface area (TPSA) is 274 Å². The van der Waals surface area contributed by atoms with Gasteiger partial charge in [-0.2, -0.15) is 16.8 Å². The molecule has 23 nitrogen and oxygen atoms in total. The largest absolute Gasteiger partial charge is 0.455 e. The summed E-state index contributed by atoms with van der Waals surface area (Å²) in [5.74, 6) is 0.613. The van der Waals surface area contributed by atoms with Crippen molar-refractivity contribution in [2.75, 3.05) is 136 Å². The first-order valence-electron chi connectivity index (χ1n) is 30.6. The number of carbonyl (C=O) groups is 2. The van der Waals surface area contributed by atoms with Crippen LogP contribution in [0.15, 0.2) is 52.4 Å². The predicted molar refractivity (Wildman–Crippen MR) is 327 cm³/mol. The number of hydroxylamine groups is 2. The summed E-state index contributed by atoms with van der Waals surface area (Å²) in [6, 6.07) is 7.50. The molecule has 3 atom stereocenters. The van der Waals surface area contributed by atoms with Crippen LogP contribution in [0, 0.1) is 0 Å². The van der Waals surface area contributed by atoms with Crippen molar-refractivity contribution in [2.24, 2.45) is 0 Å². The van der Waals surface area contributed by atoms with E-state index in [1.807, 2.05) is 6.07 Å². The number of benzene rings is 3. The van der Waals surface area contributed by atoms with Crippen LogP contribution >= 0.6 is 0 Å². The van der Waals surface area contributed by atoms with E-state index in [-0.39, 0.29) is 59.6 Å². The first-order valence-corrected chi connectivity index (χ1v) is 34.8.